The zero-order valence-corrected chi connectivity index (χ0v) is 17.5. The number of benzene rings is 1. The second kappa shape index (κ2) is 13.9. The molecule has 1 aromatic carbocycles. The Morgan fingerprint density at radius 1 is 0.905 bits per heavy atom. The summed E-state index contributed by atoms with van der Waals surface area (Å²) in [5.41, 5.74) is 1.37. The van der Waals surface area contributed by atoms with Crippen molar-refractivity contribution in [2.24, 2.45) is 11.8 Å². The third kappa shape index (κ3) is 15.0. The van der Waals surface area contributed by atoms with E-state index in [2.05, 4.69) is 65.8 Å². The average Bonchev–Trinajstić information content (AvgIpc) is 2.41. The van der Waals surface area contributed by atoms with Crippen LogP contribution in [0.4, 0.5) is 0 Å². The smallest absolute Gasteiger partial charge is 0.124 e. The zero-order chi connectivity index (χ0) is 16.1. The highest BCUT2D eigenvalue weighted by Crippen LogP contribution is 2.05. The second-order valence-corrected chi connectivity index (χ2v) is 9.98. The summed E-state index contributed by atoms with van der Waals surface area (Å²) < 4.78 is 1.56. The van der Waals surface area contributed by atoms with Gasteiger partial charge in [-0.3, -0.25) is 0 Å². The molecule has 0 atom stereocenters. The van der Waals surface area contributed by atoms with E-state index in [4.69, 9.17) is 0 Å². The summed E-state index contributed by atoms with van der Waals surface area (Å²) in [6.45, 7) is 13.7. The van der Waals surface area contributed by atoms with Gasteiger partial charge in [-0.1, -0.05) is 94.4 Å². The molecule has 0 aliphatic carbocycles. The first-order chi connectivity index (χ1) is 9.95. The van der Waals surface area contributed by atoms with Gasteiger partial charge in [-0.05, 0) is 6.92 Å². The molecule has 0 fully saturated rings. The normalized spacial score (nSPS) is 10.3. The first kappa shape index (κ1) is 21.3. The predicted octanol–water partition coefficient (Wildman–Crippen LogP) is 5.38. The van der Waals surface area contributed by atoms with Crippen molar-refractivity contribution in [3.63, 3.8) is 0 Å². The van der Waals surface area contributed by atoms with Crippen molar-refractivity contribution >= 4 is 34.9 Å². The van der Waals surface area contributed by atoms with E-state index in [0.717, 1.165) is 27.1 Å². The molecular weight excluding hydrogens is 282 g/mol. The van der Waals surface area contributed by atoms with Crippen LogP contribution in [0.5, 0.6) is 0 Å². The van der Waals surface area contributed by atoms with Crippen LogP contribution in [-0.2, 0) is 0 Å². The van der Waals surface area contributed by atoms with Gasteiger partial charge in [0, 0.05) is 0 Å². The number of aryl methyl sites for hydroxylation is 1. The van der Waals surface area contributed by atoms with E-state index in [0.29, 0.717) is 15.2 Å². The van der Waals surface area contributed by atoms with Gasteiger partial charge in [0.05, 0.1) is 0 Å². The van der Waals surface area contributed by atoms with E-state index in [1.165, 1.54) is 34.3 Å². The van der Waals surface area contributed by atoms with Gasteiger partial charge in [-0.25, -0.2) is 0 Å². The van der Waals surface area contributed by atoms with Crippen LogP contribution in [0.3, 0.4) is 0 Å². The van der Waals surface area contributed by atoms with Crippen molar-refractivity contribution in [1.29, 1.82) is 0 Å². The van der Waals surface area contributed by atoms with E-state index in [9.17, 15) is 0 Å². The maximum atomic E-state index is 2.31. The summed E-state index contributed by atoms with van der Waals surface area (Å²) in [7, 11) is 0. The fourth-order valence-corrected chi connectivity index (χ4v) is 4.87. The second-order valence-electron chi connectivity index (χ2n) is 6.80. The van der Waals surface area contributed by atoms with E-state index in [1.807, 2.05) is 0 Å². The Morgan fingerprint density at radius 3 is 1.86 bits per heavy atom. The van der Waals surface area contributed by atoms with Crippen LogP contribution < -0.4 is 4.43 Å². The van der Waals surface area contributed by atoms with Crippen molar-refractivity contribution < 1.29 is 0 Å². The molecule has 0 saturated carbocycles. The molecule has 116 valence electrons. The molecule has 0 bridgehead atoms. The Kier molecular flexibility index (Phi) is 14.1. The minimum Gasteiger partial charge on any atom is -0.124 e. The maximum absolute atomic E-state index is 2.31. The van der Waals surface area contributed by atoms with Gasteiger partial charge >= 0.3 is 0 Å². The van der Waals surface area contributed by atoms with Crippen LogP contribution in [0.25, 0.3) is 0 Å². The van der Waals surface area contributed by atoms with Crippen LogP contribution in [0.2, 0.25) is 15.8 Å². The fraction of sp³-hybridized carbons (Fsp3) is 0.684. The summed E-state index contributed by atoms with van der Waals surface area (Å²) in [6, 6.07) is 8.99. The number of hydrogen-bond donors (Lipinski definition) is 0. The first-order valence-electron chi connectivity index (χ1n) is 8.67. The molecule has 0 N–H and O–H groups in total. The van der Waals surface area contributed by atoms with Crippen LogP contribution in [-0.4, -0.2) is 30.4 Å². The first-order valence-corrected chi connectivity index (χ1v) is 11.7. The molecule has 1 rings (SSSR count). The minimum atomic E-state index is 0.535. The molecule has 21 heavy (non-hydrogen) atoms. The molecule has 1 aromatic rings. The quantitative estimate of drug-likeness (QED) is 0.446. The monoisotopic (exact) mass is 316 g/mol. The highest BCUT2D eigenvalue weighted by molar-refractivity contribution is 6.53. The third-order valence-corrected chi connectivity index (χ3v) is 7.40. The van der Waals surface area contributed by atoms with E-state index in [-0.39, 0.29) is 0 Å². The number of hydrogen-bond acceptors (Lipinski definition) is 0. The molecule has 0 amide bonds. The van der Waals surface area contributed by atoms with Gasteiger partial charge in [0.15, 0.2) is 0 Å². The lowest BCUT2D eigenvalue weighted by Gasteiger charge is -2.03. The van der Waals surface area contributed by atoms with Crippen molar-refractivity contribution in [1.82, 2.24) is 0 Å². The molecule has 0 unspecified atom stereocenters. The number of unbranched alkanes of at least 4 members (excludes halogenated alkanes) is 1. The summed E-state index contributed by atoms with van der Waals surface area (Å²) in [5.74, 6) is 1.86. The largest absolute Gasteiger partial charge is 0.250 e. The Balaban J connectivity index is 0.000000400. The molecular formula is C19H34Al2. The lowest BCUT2D eigenvalue weighted by atomic mass is 10.2. The fourth-order valence-electron chi connectivity index (χ4n) is 1.94. The van der Waals surface area contributed by atoms with Crippen LogP contribution in [0, 0.1) is 18.8 Å². The molecule has 2 radical (unpaired) electrons. The summed E-state index contributed by atoms with van der Waals surface area (Å²) in [4.78, 5) is 0. The van der Waals surface area contributed by atoms with Crippen LogP contribution in [0.1, 0.15) is 53.0 Å². The third-order valence-electron chi connectivity index (χ3n) is 3.29. The van der Waals surface area contributed by atoms with Gasteiger partial charge in [-0.2, -0.15) is 0 Å². The summed E-state index contributed by atoms with van der Waals surface area (Å²) in [5, 5.41) is 4.38. The molecule has 2 heteroatoms. The van der Waals surface area contributed by atoms with E-state index >= 15 is 0 Å². The van der Waals surface area contributed by atoms with Gasteiger partial charge in [0.1, 0.15) is 0 Å². The van der Waals surface area contributed by atoms with Gasteiger partial charge in [-0.15, -0.1) is 15.0 Å². The maximum Gasteiger partial charge on any atom is 0.250 e. The molecule has 0 aromatic heterocycles. The van der Waals surface area contributed by atoms with Gasteiger partial charge in [0.2, 0.25) is 30.4 Å². The highest BCUT2D eigenvalue weighted by atomic mass is 27.1. The molecule has 0 heterocycles. The Labute approximate surface area is 146 Å². The van der Waals surface area contributed by atoms with Crippen LogP contribution >= 0.6 is 0 Å². The standard InChI is InChI=1S/C7H7.3C4H9.2Al/c1-7-5-3-2-4-6-7;2*1-4(2)3;1-3-4-2;;/h3-6H,1H3;2*4H,1H2,2-3H3;1,3-4H2,2H3;;. The van der Waals surface area contributed by atoms with Crippen molar-refractivity contribution in [2.45, 2.75) is 70.2 Å². The SMILES string of the molecule is CC(C)[CH2][Al][CH2]C(C)C.CCC[CH2][Al][c]1ccc(C)cc1. The predicted molar refractivity (Wildman–Crippen MR) is 101 cm³/mol. The van der Waals surface area contributed by atoms with E-state index in [1.54, 1.807) is 4.43 Å². The summed E-state index contributed by atoms with van der Waals surface area (Å²) in [6.07, 6.45) is 2.72. The van der Waals surface area contributed by atoms with Crippen molar-refractivity contribution in [3.05, 3.63) is 29.8 Å². The Bertz CT molecular complexity index is 320. The highest BCUT2D eigenvalue weighted by Gasteiger charge is 1.98. The average molecular weight is 316 g/mol. The van der Waals surface area contributed by atoms with Crippen molar-refractivity contribution in [2.75, 3.05) is 0 Å². The molecule has 0 aliphatic rings. The lowest BCUT2D eigenvalue weighted by molar-refractivity contribution is 0.700. The molecule has 0 aliphatic heterocycles. The van der Waals surface area contributed by atoms with E-state index < -0.39 is 0 Å². The summed E-state index contributed by atoms with van der Waals surface area (Å²) >= 11 is 1.29. The molecule has 0 spiro atoms. The number of rotatable bonds is 8. The lowest BCUT2D eigenvalue weighted by Crippen LogP contribution is -2.12. The van der Waals surface area contributed by atoms with Gasteiger partial charge in [0.25, 0.3) is 0 Å². The Hall–Kier alpha value is 0.285. The topological polar surface area (TPSA) is 0 Å². The molecule has 0 saturated heterocycles. The van der Waals surface area contributed by atoms with Crippen molar-refractivity contribution in [3.8, 4) is 0 Å². The Morgan fingerprint density at radius 2 is 1.43 bits per heavy atom. The van der Waals surface area contributed by atoms with Crippen LogP contribution in [0.15, 0.2) is 24.3 Å². The minimum absolute atomic E-state index is 0.535. The van der Waals surface area contributed by atoms with Gasteiger partial charge < -0.3 is 0 Å². The zero-order valence-electron chi connectivity index (χ0n) is 15.2. The molecule has 0 nitrogen and oxygen atoms in total.